The third kappa shape index (κ3) is 1.92. The molecule has 2 heterocycles. The topological polar surface area (TPSA) is 16.1 Å². The molecule has 0 N–H and O–H groups in total. The van der Waals surface area contributed by atoms with Crippen LogP contribution in [0.4, 0.5) is 5.69 Å². The number of hydrogen-bond acceptors (Lipinski definition) is 2. The Labute approximate surface area is 93.5 Å². The van der Waals surface area contributed by atoms with Crippen LogP contribution in [0.5, 0.6) is 0 Å². The van der Waals surface area contributed by atoms with E-state index >= 15 is 0 Å². The predicted molar refractivity (Wildman–Crippen MR) is 62.6 cm³/mol. The van der Waals surface area contributed by atoms with Gasteiger partial charge in [0.1, 0.15) is 0 Å². The van der Waals surface area contributed by atoms with E-state index in [-0.39, 0.29) is 0 Å². The van der Waals surface area contributed by atoms with E-state index in [4.69, 9.17) is 0 Å². The van der Waals surface area contributed by atoms with Crippen molar-refractivity contribution >= 4 is 21.6 Å². The summed E-state index contributed by atoms with van der Waals surface area (Å²) >= 11 is 3.58. The van der Waals surface area contributed by atoms with E-state index in [1.165, 1.54) is 24.9 Å². The molecule has 0 amide bonds. The summed E-state index contributed by atoms with van der Waals surface area (Å²) in [6, 6.07) is 2.65. The van der Waals surface area contributed by atoms with E-state index in [2.05, 4.69) is 32.7 Å². The van der Waals surface area contributed by atoms with E-state index in [1.54, 1.807) is 0 Å². The minimum Gasteiger partial charge on any atom is -0.367 e. The van der Waals surface area contributed by atoms with Crippen molar-refractivity contribution in [3.63, 3.8) is 0 Å². The zero-order valence-electron chi connectivity index (χ0n) is 8.41. The molecule has 1 aliphatic heterocycles. The molecule has 1 aromatic heterocycles. The van der Waals surface area contributed by atoms with Crippen LogP contribution in [0, 0.1) is 0 Å². The highest BCUT2D eigenvalue weighted by molar-refractivity contribution is 9.10. The van der Waals surface area contributed by atoms with Crippen LogP contribution in [-0.4, -0.2) is 17.6 Å². The minimum atomic E-state index is 0.643. The number of pyridine rings is 1. The summed E-state index contributed by atoms with van der Waals surface area (Å²) < 4.78 is 1.15. The molecule has 0 saturated carbocycles. The lowest BCUT2D eigenvalue weighted by molar-refractivity contribution is 0.484. The maximum atomic E-state index is 4.18. The second-order valence-electron chi connectivity index (χ2n) is 3.87. The van der Waals surface area contributed by atoms with Gasteiger partial charge >= 0.3 is 0 Å². The number of aromatic nitrogens is 1. The number of hydrogen-bond donors (Lipinski definition) is 0. The molecule has 76 valence electrons. The van der Waals surface area contributed by atoms with Crippen molar-refractivity contribution in [1.29, 1.82) is 0 Å². The first kappa shape index (κ1) is 9.97. The number of rotatable bonds is 1. The van der Waals surface area contributed by atoms with E-state index in [0.29, 0.717) is 6.04 Å². The Morgan fingerprint density at radius 3 is 3.07 bits per heavy atom. The van der Waals surface area contributed by atoms with Crippen molar-refractivity contribution in [2.45, 2.75) is 32.2 Å². The van der Waals surface area contributed by atoms with Gasteiger partial charge in [0.05, 0.1) is 11.9 Å². The Hall–Kier alpha value is -0.570. The monoisotopic (exact) mass is 254 g/mol. The lowest BCUT2D eigenvalue weighted by atomic mass is 10.0. The number of halogens is 1. The molecule has 2 rings (SSSR count). The first-order valence-electron chi connectivity index (χ1n) is 5.15. The van der Waals surface area contributed by atoms with E-state index in [9.17, 15) is 0 Å². The molecule has 1 aliphatic rings. The standard InChI is InChI=1S/C11H15BrN2/c1-9-4-2-3-7-14(9)11-8-13-6-5-10(11)12/h5-6,8-9H,2-4,7H2,1H3. The van der Waals surface area contributed by atoms with Gasteiger partial charge in [-0.1, -0.05) is 0 Å². The van der Waals surface area contributed by atoms with Crippen molar-refractivity contribution in [3.05, 3.63) is 22.9 Å². The van der Waals surface area contributed by atoms with Gasteiger partial charge in [-0.3, -0.25) is 4.98 Å². The number of piperidine rings is 1. The number of anilines is 1. The van der Waals surface area contributed by atoms with Crippen molar-refractivity contribution in [2.24, 2.45) is 0 Å². The molecule has 0 spiro atoms. The van der Waals surface area contributed by atoms with E-state index in [0.717, 1.165) is 11.0 Å². The maximum absolute atomic E-state index is 4.18. The van der Waals surface area contributed by atoms with Gasteiger partial charge < -0.3 is 4.90 Å². The Morgan fingerprint density at radius 1 is 1.50 bits per heavy atom. The Morgan fingerprint density at radius 2 is 2.36 bits per heavy atom. The molecule has 0 aliphatic carbocycles. The fraction of sp³-hybridized carbons (Fsp3) is 0.545. The van der Waals surface area contributed by atoms with Gasteiger partial charge in [0, 0.05) is 23.3 Å². The van der Waals surface area contributed by atoms with Gasteiger partial charge in [-0.2, -0.15) is 0 Å². The molecule has 1 fully saturated rings. The Balaban J connectivity index is 2.25. The molecule has 14 heavy (non-hydrogen) atoms. The van der Waals surface area contributed by atoms with Gasteiger partial charge in [0.2, 0.25) is 0 Å². The van der Waals surface area contributed by atoms with Crippen LogP contribution in [0.1, 0.15) is 26.2 Å². The summed E-state index contributed by atoms with van der Waals surface area (Å²) in [5.41, 5.74) is 1.24. The quantitative estimate of drug-likeness (QED) is 0.765. The van der Waals surface area contributed by atoms with Crippen LogP contribution in [0.3, 0.4) is 0 Å². The van der Waals surface area contributed by atoms with Crippen LogP contribution in [0.25, 0.3) is 0 Å². The van der Waals surface area contributed by atoms with Gasteiger partial charge in [-0.25, -0.2) is 0 Å². The van der Waals surface area contributed by atoms with E-state index < -0.39 is 0 Å². The first-order chi connectivity index (χ1) is 6.79. The predicted octanol–water partition coefficient (Wildman–Crippen LogP) is 3.22. The smallest absolute Gasteiger partial charge is 0.0699 e. The molecule has 2 nitrogen and oxygen atoms in total. The summed E-state index contributed by atoms with van der Waals surface area (Å²) in [5.74, 6) is 0. The third-order valence-electron chi connectivity index (χ3n) is 2.86. The molecule has 1 atom stereocenters. The Bertz CT molecular complexity index is 314. The highest BCUT2D eigenvalue weighted by Crippen LogP contribution is 2.29. The summed E-state index contributed by atoms with van der Waals surface area (Å²) in [7, 11) is 0. The van der Waals surface area contributed by atoms with Crippen molar-refractivity contribution in [2.75, 3.05) is 11.4 Å². The van der Waals surface area contributed by atoms with Crippen molar-refractivity contribution < 1.29 is 0 Å². The van der Waals surface area contributed by atoms with Crippen LogP contribution in [0.2, 0.25) is 0 Å². The molecular weight excluding hydrogens is 240 g/mol. The second-order valence-corrected chi connectivity index (χ2v) is 4.72. The molecular formula is C11H15BrN2. The molecule has 3 heteroatoms. The zero-order valence-corrected chi connectivity index (χ0v) is 10.00. The summed E-state index contributed by atoms with van der Waals surface area (Å²) in [5, 5.41) is 0. The lowest BCUT2D eigenvalue weighted by Gasteiger charge is -2.35. The summed E-state index contributed by atoms with van der Waals surface area (Å²) in [4.78, 5) is 6.63. The van der Waals surface area contributed by atoms with Crippen LogP contribution >= 0.6 is 15.9 Å². The largest absolute Gasteiger partial charge is 0.367 e. The SMILES string of the molecule is CC1CCCCN1c1cnccc1Br. The van der Waals surface area contributed by atoms with Crippen molar-refractivity contribution in [1.82, 2.24) is 4.98 Å². The summed E-state index contributed by atoms with van der Waals surface area (Å²) in [6.07, 6.45) is 7.72. The van der Waals surface area contributed by atoms with Crippen molar-refractivity contribution in [3.8, 4) is 0 Å². The first-order valence-corrected chi connectivity index (χ1v) is 5.94. The van der Waals surface area contributed by atoms with E-state index in [1.807, 2.05) is 18.5 Å². The lowest BCUT2D eigenvalue weighted by Crippen LogP contribution is -2.37. The van der Waals surface area contributed by atoms with Crippen LogP contribution in [0.15, 0.2) is 22.9 Å². The minimum absolute atomic E-state index is 0.643. The zero-order chi connectivity index (χ0) is 9.97. The molecule has 1 unspecified atom stereocenters. The van der Waals surface area contributed by atoms with Crippen LogP contribution in [-0.2, 0) is 0 Å². The number of nitrogens with zero attached hydrogens (tertiary/aromatic N) is 2. The fourth-order valence-electron chi connectivity index (χ4n) is 2.04. The van der Waals surface area contributed by atoms with Gasteiger partial charge in [-0.15, -0.1) is 0 Å². The molecule has 1 aromatic rings. The maximum Gasteiger partial charge on any atom is 0.0699 e. The summed E-state index contributed by atoms with van der Waals surface area (Å²) in [6.45, 7) is 3.45. The molecule has 0 aromatic carbocycles. The third-order valence-corrected chi connectivity index (χ3v) is 3.53. The molecule has 0 radical (unpaired) electrons. The molecule has 0 bridgehead atoms. The average molecular weight is 255 g/mol. The van der Waals surface area contributed by atoms with Gasteiger partial charge in [-0.05, 0) is 48.2 Å². The molecule has 1 saturated heterocycles. The highest BCUT2D eigenvalue weighted by atomic mass is 79.9. The average Bonchev–Trinajstić information content (AvgIpc) is 2.20. The normalized spacial score (nSPS) is 22.4. The second kappa shape index (κ2) is 4.30. The highest BCUT2D eigenvalue weighted by Gasteiger charge is 2.19. The fourth-order valence-corrected chi connectivity index (χ4v) is 2.48. The Kier molecular flexibility index (Phi) is 3.06. The van der Waals surface area contributed by atoms with Gasteiger partial charge in [0.25, 0.3) is 0 Å². The van der Waals surface area contributed by atoms with Crippen LogP contribution < -0.4 is 4.90 Å². The van der Waals surface area contributed by atoms with Gasteiger partial charge in [0.15, 0.2) is 0 Å².